The average molecular weight is 405 g/mol. The normalized spacial score (nSPS) is 15.5. The van der Waals surface area contributed by atoms with E-state index in [1.165, 1.54) is 51.4 Å². The van der Waals surface area contributed by atoms with Crippen LogP contribution in [0.2, 0.25) is 18.1 Å². The summed E-state index contributed by atoms with van der Waals surface area (Å²) in [5.74, 6) is 0.463. The fourth-order valence-corrected chi connectivity index (χ4v) is 4.16. The SMILES string of the molecule is CCCCCCCCCC/C=C/[C@@H](O[Si](C)(C)C(C)(C)C)[C@H](O)CCCl. The third-order valence-electron chi connectivity index (χ3n) is 5.57. The van der Waals surface area contributed by atoms with Crippen molar-refractivity contribution in [3.05, 3.63) is 12.2 Å². The second kappa shape index (κ2) is 14.2. The molecule has 0 aliphatic heterocycles. The number of aliphatic hydroxyl groups is 1. The Hall–Kier alpha value is 0.167. The van der Waals surface area contributed by atoms with E-state index in [9.17, 15) is 5.11 Å². The first kappa shape index (κ1) is 26.2. The summed E-state index contributed by atoms with van der Waals surface area (Å²) in [4.78, 5) is 0. The summed E-state index contributed by atoms with van der Waals surface area (Å²) in [5.41, 5.74) is 0. The highest BCUT2D eigenvalue weighted by Gasteiger charge is 2.39. The maximum Gasteiger partial charge on any atom is 0.193 e. The van der Waals surface area contributed by atoms with Gasteiger partial charge in [0.15, 0.2) is 8.32 Å². The van der Waals surface area contributed by atoms with E-state index in [1.54, 1.807) is 0 Å². The van der Waals surface area contributed by atoms with E-state index in [4.69, 9.17) is 16.0 Å². The molecule has 26 heavy (non-hydrogen) atoms. The smallest absolute Gasteiger partial charge is 0.193 e. The van der Waals surface area contributed by atoms with Crippen LogP contribution in [0.1, 0.15) is 91.9 Å². The number of aliphatic hydroxyl groups excluding tert-OH is 1. The minimum absolute atomic E-state index is 0.136. The molecule has 0 aliphatic rings. The zero-order valence-corrected chi connectivity index (χ0v) is 20.1. The lowest BCUT2D eigenvalue weighted by Crippen LogP contribution is -2.46. The minimum Gasteiger partial charge on any atom is -0.408 e. The summed E-state index contributed by atoms with van der Waals surface area (Å²) in [7, 11) is -1.91. The lowest BCUT2D eigenvalue weighted by molar-refractivity contribution is 0.0536. The molecular formula is C22H45ClO2Si. The van der Waals surface area contributed by atoms with Crippen molar-refractivity contribution >= 4 is 19.9 Å². The molecule has 4 heteroatoms. The van der Waals surface area contributed by atoms with E-state index < -0.39 is 14.4 Å². The molecule has 2 atom stereocenters. The highest BCUT2D eigenvalue weighted by atomic mass is 35.5. The highest BCUT2D eigenvalue weighted by molar-refractivity contribution is 6.74. The van der Waals surface area contributed by atoms with Crippen molar-refractivity contribution < 1.29 is 9.53 Å². The van der Waals surface area contributed by atoms with Gasteiger partial charge < -0.3 is 9.53 Å². The maximum absolute atomic E-state index is 10.4. The number of rotatable bonds is 15. The molecule has 0 aromatic rings. The van der Waals surface area contributed by atoms with Crippen molar-refractivity contribution in [3.8, 4) is 0 Å². The summed E-state index contributed by atoms with van der Waals surface area (Å²) >= 11 is 5.84. The number of unbranched alkanes of at least 4 members (excludes halogenated alkanes) is 8. The Morgan fingerprint density at radius 3 is 2.04 bits per heavy atom. The summed E-state index contributed by atoms with van der Waals surface area (Å²) in [6, 6.07) is 0. The number of halogens is 1. The predicted molar refractivity (Wildman–Crippen MR) is 120 cm³/mol. The predicted octanol–water partition coefficient (Wildman–Crippen LogP) is 7.45. The van der Waals surface area contributed by atoms with Gasteiger partial charge in [0.2, 0.25) is 0 Å². The molecule has 0 unspecified atom stereocenters. The van der Waals surface area contributed by atoms with Crippen molar-refractivity contribution in [2.45, 2.75) is 122 Å². The molecule has 0 spiro atoms. The van der Waals surface area contributed by atoms with Crippen LogP contribution in [0.4, 0.5) is 0 Å². The summed E-state index contributed by atoms with van der Waals surface area (Å²) in [6.45, 7) is 13.4. The molecule has 0 rings (SSSR count). The molecule has 156 valence electrons. The second-order valence-electron chi connectivity index (χ2n) is 9.08. The van der Waals surface area contributed by atoms with Crippen LogP contribution in [0.3, 0.4) is 0 Å². The van der Waals surface area contributed by atoms with Crippen LogP contribution in [0.5, 0.6) is 0 Å². The molecule has 0 radical (unpaired) electrons. The third kappa shape index (κ3) is 11.8. The van der Waals surface area contributed by atoms with Gasteiger partial charge in [-0.1, -0.05) is 84.8 Å². The lowest BCUT2D eigenvalue weighted by Gasteiger charge is -2.39. The Bertz CT molecular complexity index is 364. The van der Waals surface area contributed by atoms with Crippen LogP contribution < -0.4 is 0 Å². The molecule has 0 bridgehead atoms. The molecule has 0 heterocycles. The van der Waals surface area contributed by atoms with Gasteiger partial charge in [-0.2, -0.15) is 0 Å². The van der Waals surface area contributed by atoms with Gasteiger partial charge in [-0.3, -0.25) is 0 Å². The second-order valence-corrected chi connectivity index (χ2v) is 14.2. The van der Waals surface area contributed by atoms with Gasteiger partial charge in [-0.15, -0.1) is 11.6 Å². The Kier molecular flexibility index (Phi) is 14.3. The largest absolute Gasteiger partial charge is 0.408 e. The van der Waals surface area contributed by atoms with Crippen LogP contribution in [-0.2, 0) is 4.43 Å². The van der Waals surface area contributed by atoms with Crippen LogP contribution in [0.15, 0.2) is 12.2 Å². The lowest BCUT2D eigenvalue weighted by atomic mass is 10.1. The monoisotopic (exact) mass is 404 g/mol. The molecule has 0 aromatic heterocycles. The minimum atomic E-state index is -1.91. The third-order valence-corrected chi connectivity index (χ3v) is 10.3. The first-order valence-corrected chi connectivity index (χ1v) is 14.2. The number of hydrogen-bond donors (Lipinski definition) is 1. The van der Waals surface area contributed by atoms with Crippen LogP contribution >= 0.6 is 11.6 Å². The molecular weight excluding hydrogens is 360 g/mol. The van der Waals surface area contributed by atoms with Gasteiger partial charge in [0.05, 0.1) is 12.2 Å². The Morgan fingerprint density at radius 2 is 1.54 bits per heavy atom. The number of allylic oxidation sites excluding steroid dienone is 1. The van der Waals surface area contributed by atoms with E-state index in [1.807, 2.05) is 0 Å². The van der Waals surface area contributed by atoms with Gasteiger partial charge >= 0.3 is 0 Å². The maximum atomic E-state index is 10.4. The van der Waals surface area contributed by atoms with Gasteiger partial charge in [0.1, 0.15) is 0 Å². The molecule has 2 nitrogen and oxygen atoms in total. The standard InChI is InChI=1S/C22H45ClO2Si/c1-7-8-9-10-11-12-13-14-15-16-17-21(20(24)18-19-23)25-26(5,6)22(2,3)4/h16-17,20-21,24H,7-15,18-19H2,1-6H3/b17-16+/t20-,21-/m1/s1. The fraction of sp³-hybridized carbons (Fsp3) is 0.909. The molecule has 0 saturated heterocycles. The first-order valence-electron chi connectivity index (χ1n) is 10.7. The zero-order chi connectivity index (χ0) is 20.1. The van der Waals surface area contributed by atoms with E-state index >= 15 is 0 Å². The topological polar surface area (TPSA) is 29.5 Å². The molecule has 0 aromatic carbocycles. The van der Waals surface area contributed by atoms with E-state index in [0.717, 1.165) is 6.42 Å². The van der Waals surface area contributed by atoms with Crippen molar-refractivity contribution in [2.75, 3.05) is 5.88 Å². The van der Waals surface area contributed by atoms with Crippen LogP contribution in [-0.4, -0.2) is 31.5 Å². The first-order chi connectivity index (χ1) is 12.2. The van der Waals surface area contributed by atoms with Crippen molar-refractivity contribution in [3.63, 3.8) is 0 Å². The molecule has 0 aliphatic carbocycles. The quantitative estimate of drug-likeness (QED) is 0.133. The zero-order valence-electron chi connectivity index (χ0n) is 18.3. The Balaban J connectivity index is 4.32. The van der Waals surface area contributed by atoms with Gasteiger partial charge in [-0.05, 0) is 37.4 Å². The summed E-state index contributed by atoms with van der Waals surface area (Å²) in [5, 5.41) is 10.6. The van der Waals surface area contributed by atoms with Gasteiger partial charge in [0, 0.05) is 5.88 Å². The van der Waals surface area contributed by atoms with Crippen LogP contribution in [0, 0.1) is 0 Å². The van der Waals surface area contributed by atoms with E-state index in [-0.39, 0.29) is 11.1 Å². The number of hydrogen-bond acceptors (Lipinski definition) is 2. The molecule has 0 amide bonds. The van der Waals surface area contributed by atoms with E-state index in [2.05, 4.69) is 52.9 Å². The van der Waals surface area contributed by atoms with Gasteiger partial charge in [0.25, 0.3) is 0 Å². The summed E-state index contributed by atoms with van der Waals surface area (Å²) in [6.07, 6.45) is 15.9. The van der Waals surface area contributed by atoms with E-state index in [0.29, 0.717) is 12.3 Å². The van der Waals surface area contributed by atoms with Crippen LogP contribution in [0.25, 0.3) is 0 Å². The average Bonchev–Trinajstić information content (AvgIpc) is 2.54. The fourth-order valence-electron chi connectivity index (χ4n) is 2.67. The van der Waals surface area contributed by atoms with Gasteiger partial charge in [-0.25, -0.2) is 0 Å². The highest BCUT2D eigenvalue weighted by Crippen LogP contribution is 2.38. The number of alkyl halides is 1. The summed E-state index contributed by atoms with van der Waals surface area (Å²) < 4.78 is 6.44. The molecule has 0 saturated carbocycles. The van der Waals surface area contributed by atoms with Crippen molar-refractivity contribution in [1.29, 1.82) is 0 Å². The Labute approximate surface area is 169 Å². The van der Waals surface area contributed by atoms with Crippen molar-refractivity contribution in [2.24, 2.45) is 0 Å². The Morgan fingerprint density at radius 1 is 1.00 bits per heavy atom. The molecule has 0 fully saturated rings. The molecule has 1 N–H and O–H groups in total. The van der Waals surface area contributed by atoms with Crippen molar-refractivity contribution in [1.82, 2.24) is 0 Å².